The highest BCUT2D eigenvalue weighted by molar-refractivity contribution is 6.20. The van der Waals surface area contributed by atoms with Gasteiger partial charge >= 0.3 is 11.9 Å². The third-order valence-electron chi connectivity index (χ3n) is 3.52. The van der Waals surface area contributed by atoms with Crippen molar-refractivity contribution in [2.75, 3.05) is 6.61 Å². The highest BCUT2D eigenvalue weighted by Gasteiger charge is 2.38. The van der Waals surface area contributed by atoms with Crippen LogP contribution in [0, 0.1) is 0 Å². The van der Waals surface area contributed by atoms with E-state index in [1.165, 1.54) is 12.1 Å². The Balaban J connectivity index is 1.73. The molecule has 0 N–H and O–H groups in total. The predicted molar refractivity (Wildman–Crippen MR) is 82.8 cm³/mol. The van der Waals surface area contributed by atoms with Crippen LogP contribution in [0.5, 0.6) is 0 Å². The second-order valence-corrected chi connectivity index (χ2v) is 5.28. The van der Waals surface area contributed by atoms with Crippen LogP contribution in [0.25, 0.3) is 0 Å². The Kier molecular flexibility index (Phi) is 6.06. The summed E-state index contributed by atoms with van der Waals surface area (Å²) in [5, 5.41) is 0.506. The number of fused-ring (bicyclic) bond motifs is 1. The Labute approximate surface area is 139 Å². The minimum Gasteiger partial charge on any atom is -0.466 e. The molecule has 0 atom stereocenters. The van der Waals surface area contributed by atoms with Gasteiger partial charge in [0.25, 0.3) is 11.8 Å². The number of hydroxylamine groups is 2. The number of rotatable bonds is 8. The van der Waals surface area contributed by atoms with Gasteiger partial charge in [0.05, 0.1) is 17.7 Å². The zero-order chi connectivity index (χ0) is 17.5. The zero-order valence-corrected chi connectivity index (χ0v) is 13.4. The molecule has 0 saturated carbocycles. The number of hydrogen-bond acceptors (Lipinski definition) is 6. The quantitative estimate of drug-likeness (QED) is 0.412. The number of carbonyl (C=O) groups is 4. The molecular weight excluding hydrogens is 314 g/mol. The summed E-state index contributed by atoms with van der Waals surface area (Å²) in [6, 6.07) is 6.30. The van der Waals surface area contributed by atoms with Gasteiger partial charge in [-0.15, -0.1) is 0 Å². The van der Waals surface area contributed by atoms with Crippen molar-refractivity contribution >= 4 is 23.8 Å². The topological polar surface area (TPSA) is 90.0 Å². The average molecular weight is 333 g/mol. The lowest BCUT2D eigenvalue weighted by Crippen LogP contribution is -2.32. The number of imide groups is 1. The van der Waals surface area contributed by atoms with Crippen LogP contribution in [-0.2, 0) is 19.2 Å². The van der Waals surface area contributed by atoms with Crippen LogP contribution in [0.4, 0.5) is 0 Å². The van der Waals surface area contributed by atoms with Gasteiger partial charge in [0, 0.05) is 12.8 Å². The van der Waals surface area contributed by atoms with Crippen molar-refractivity contribution in [3.63, 3.8) is 0 Å². The molecule has 1 aliphatic heterocycles. The fourth-order valence-electron chi connectivity index (χ4n) is 2.35. The van der Waals surface area contributed by atoms with Crippen LogP contribution in [-0.4, -0.2) is 35.4 Å². The van der Waals surface area contributed by atoms with Gasteiger partial charge in [0.1, 0.15) is 0 Å². The summed E-state index contributed by atoms with van der Waals surface area (Å²) in [6.07, 6.45) is 2.13. The lowest BCUT2D eigenvalue weighted by molar-refractivity contribution is -0.168. The van der Waals surface area contributed by atoms with Crippen molar-refractivity contribution in [2.24, 2.45) is 0 Å². The molecular formula is C17H19NO6. The van der Waals surface area contributed by atoms with E-state index in [4.69, 9.17) is 9.57 Å². The number of carbonyl (C=O) groups excluding carboxylic acids is 4. The third kappa shape index (κ3) is 4.18. The first-order chi connectivity index (χ1) is 11.5. The van der Waals surface area contributed by atoms with Crippen molar-refractivity contribution in [1.29, 1.82) is 0 Å². The van der Waals surface area contributed by atoms with Gasteiger partial charge in [-0.1, -0.05) is 23.6 Å². The van der Waals surface area contributed by atoms with Gasteiger partial charge in [-0.05, 0) is 31.9 Å². The van der Waals surface area contributed by atoms with Gasteiger partial charge in [-0.25, -0.2) is 4.79 Å². The molecule has 0 fully saturated rings. The van der Waals surface area contributed by atoms with E-state index in [2.05, 4.69) is 0 Å². The Morgan fingerprint density at radius 1 is 0.917 bits per heavy atom. The van der Waals surface area contributed by atoms with Crippen LogP contribution in [0.15, 0.2) is 24.3 Å². The molecule has 2 amide bonds. The van der Waals surface area contributed by atoms with Crippen molar-refractivity contribution < 1.29 is 28.8 Å². The maximum Gasteiger partial charge on any atom is 0.333 e. The molecule has 0 bridgehead atoms. The maximum atomic E-state index is 12.0. The van der Waals surface area contributed by atoms with Crippen LogP contribution < -0.4 is 0 Å². The third-order valence-corrected chi connectivity index (χ3v) is 3.52. The minimum atomic E-state index is -0.652. The van der Waals surface area contributed by atoms with Crippen LogP contribution in [0.2, 0.25) is 0 Å². The van der Waals surface area contributed by atoms with Crippen molar-refractivity contribution in [3.8, 4) is 0 Å². The van der Waals surface area contributed by atoms with Gasteiger partial charge in [-0.2, -0.15) is 0 Å². The summed E-state index contributed by atoms with van der Waals surface area (Å²) in [4.78, 5) is 51.9. The number of benzene rings is 1. The molecule has 2 rings (SSSR count). The van der Waals surface area contributed by atoms with E-state index in [0.717, 1.165) is 0 Å². The average Bonchev–Trinajstić information content (AvgIpc) is 2.80. The molecule has 7 heteroatoms. The van der Waals surface area contributed by atoms with Crippen molar-refractivity contribution in [2.45, 2.75) is 39.0 Å². The number of nitrogens with zero attached hydrogens (tertiary/aromatic N) is 1. The molecule has 0 unspecified atom stereocenters. The Hall–Kier alpha value is -2.70. The molecule has 0 aromatic heterocycles. The highest BCUT2D eigenvalue weighted by atomic mass is 16.7. The Morgan fingerprint density at radius 2 is 1.46 bits per heavy atom. The molecule has 128 valence electrons. The minimum absolute atomic E-state index is 0.0657. The van der Waals surface area contributed by atoms with E-state index in [0.29, 0.717) is 37.4 Å². The van der Waals surface area contributed by atoms with Gasteiger partial charge in [0.2, 0.25) is 0 Å². The maximum absolute atomic E-state index is 12.0. The second kappa shape index (κ2) is 8.24. The van der Waals surface area contributed by atoms with E-state index >= 15 is 0 Å². The summed E-state index contributed by atoms with van der Waals surface area (Å²) >= 11 is 0. The molecule has 1 aromatic rings. The standard InChI is InChI=1S/C17H19NO6/c1-2-23-14(19)10-4-3-5-11-15(20)24-18-16(21)12-8-6-7-9-13(12)17(18)22/h6-9H,2-5,10-11H2,1H3. The van der Waals surface area contributed by atoms with Crippen LogP contribution in [0.3, 0.4) is 0 Å². The van der Waals surface area contributed by atoms with Crippen LogP contribution in [0.1, 0.15) is 59.7 Å². The molecule has 0 aliphatic carbocycles. The van der Waals surface area contributed by atoms with E-state index in [1.807, 2.05) is 0 Å². The molecule has 1 aromatic carbocycles. The molecule has 0 spiro atoms. The SMILES string of the molecule is CCOC(=O)CCCCCC(=O)ON1C(=O)c2ccccc2C1=O. The summed E-state index contributed by atoms with van der Waals surface area (Å²) in [5.41, 5.74) is 0.453. The normalized spacial score (nSPS) is 13.0. The summed E-state index contributed by atoms with van der Waals surface area (Å²) in [6.45, 7) is 2.10. The first-order valence-electron chi connectivity index (χ1n) is 7.88. The first-order valence-corrected chi connectivity index (χ1v) is 7.88. The van der Waals surface area contributed by atoms with Crippen molar-refractivity contribution in [1.82, 2.24) is 5.06 Å². The van der Waals surface area contributed by atoms with Crippen LogP contribution >= 0.6 is 0 Å². The van der Waals surface area contributed by atoms with Gasteiger partial charge < -0.3 is 9.57 Å². The Bertz CT molecular complexity index is 619. The van der Waals surface area contributed by atoms with E-state index < -0.39 is 17.8 Å². The number of ether oxygens (including phenoxy) is 1. The molecule has 1 aliphatic rings. The zero-order valence-electron chi connectivity index (χ0n) is 13.4. The molecule has 1 heterocycles. The van der Waals surface area contributed by atoms with Gasteiger partial charge in [0.15, 0.2) is 0 Å². The van der Waals surface area contributed by atoms with E-state index in [-0.39, 0.29) is 23.5 Å². The van der Waals surface area contributed by atoms with Crippen molar-refractivity contribution in [3.05, 3.63) is 35.4 Å². The summed E-state index contributed by atoms with van der Waals surface area (Å²) < 4.78 is 4.80. The number of esters is 1. The fraction of sp³-hybridized carbons (Fsp3) is 0.412. The van der Waals surface area contributed by atoms with E-state index in [9.17, 15) is 19.2 Å². The molecule has 7 nitrogen and oxygen atoms in total. The lowest BCUT2D eigenvalue weighted by atomic mass is 10.1. The smallest absolute Gasteiger partial charge is 0.333 e. The number of amides is 2. The molecule has 24 heavy (non-hydrogen) atoms. The first kappa shape index (κ1) is 17.7. The fourth-order valence-corrected chi connectivity index (χ4v) is 2.35. The largest absolute Gasteiger partial charge is 0.466 e. The van der Waals surface area contributed by atoms with Gasteiger partial charge in [-0.3, -0.25) is 14.4 Å². The number of unbranched alkanes of at least 4 members (excludes halogenated alkanes) is 2. The predicted octanol–water partition coefficient (Wildman–Crippen LogP) is 2.25. The molecule has 0 saturated heterocycles. The number of hydrogen-bond donors (Lipinski definition) is 0. The summed E-state index contributed by atoms with van der Waals surface area (Å²) in [5.74, 6) is -2.18. The lowest BCUT2D eigenvalue weighted by Gasteiger charge is -2.12. The Morgan fingerprint density at radius 3 is 2.00 bits per heavy atom. The van der Waals surface area contributed by atoms with E-state index in [1.54, 1.807) is 19.1 Å². The molecule has 0 radical (unpaired) electrons. The highest BCUT2D eigenvalue weighted by Crippen LogP contribution is 2.23. The monoisotopic (exact) mass is 333 g/mol. The summed E-state index contributed by atoms with van der Waals surface area (Å²) in [7, 11) is 0. The second-order valence-electron chi connectivity index (χ2n) is 5.28.